The zero-order valence-electron chi connectivity index (χ0n) is 13.4. The summed E-state index contributed by atoms with van der Waals surface area (Å²) in [7, 11) is 1.48. The summed E-state index contributed by atoms with van der Waals surface area (Å²) in [6.45, 7) is 1.58. The molecule has 1 N–H and O–H groups in total. The normalized spacial score (nSPS) is 14.8. The van der Waals surface area contributed by atoms with E-state index in [1.54, 1.807) is 6.92 Å². The van der Waals surface area contributed by atoms with Crippen molar-refractivity contribution in [1.29, 1.82) is 0 Å². The summed E-state index contributed by atoms with van der Waals surface area (Å²) in [6, 6.07) is 13.6. The van der Waals surface area contributed by atoms with E-state index in [-0.39, 0.29) is 5.78 Å². The molecule has 0 aliphatic heterocycles. The Morgan fingerprint density at radius 2 is 2.04 bits per heavy atom. The molecule has 0 saturated carbocycles. The molecule has 23 heavy (non-hydrogen) atoms. The molecule has 2 aromatic carbocycles. The summed E-state index contributed by atoms with van der Waals surface area (Å²) in [4.78, 5) is 11.6. The van der Waals surface area contributed by atoms with Crippen molar-refractivity contribution < 1.29 is 14.6 Å². The van der Waals surface area contributed by atoms with Crippen LogP contribution in [-0.4, -0.2) is 18.0 Å². The molecule has 0 spiro atoms. The molecule has 1 atom stereocenters. The third kappa shape index (κ3) is 3.11. The Morgan fingerprint density at radius 1 is 1.22 bits per heavy atom. The largest absolute Gasteiger partial charge is 0.364 e. The van der Waals surface area contributed by atoms with Gasteiger partial charge in [-0.15, -0.1) is 0 Å². The van der Waals surface area contributed by atoms with Gasteiger partial charge in [0.05, 0.1) is 0 Å². The fraction of sp³-hybridized carbons (Fsp3) is 0.250. The molecule has 118 valence electrons. The predicted octanol–water partition coefficient (Wildman–Crippen LogP) is 3.90. The van der Waals surface area contributed by atoms with E-state index in [1.165, 1.54) is 12.7 Å². The Labute approximate surface area is 136 Å². The fourth-order valence-electron chi connectivity index (χ4n) is 3.01. The second-order valence-corrected chi connectivity index (χ2v) is 5.80. The number of carbonyl (C=O) groups excluding carboxylic acids is 1. The lowest BCUT2D eigenvalue weighted by atomic mass is 9.85. The average molecular weight is 308 g/mol. The van der Waals surface area contributed by atoms with Crippen molar-refractivity contribution >= 4 is 11.4 Å². The molecule has 0 amide bonds. The van der Waals surface area contributed by atoms with Crippen molar-refractivity contribution in [2.45, 2.75) is 26.1 Å². The molecule has 2 aromatic rings. The third-order valence-electron chi connectivity index (χ3n) is 4.27. The average Bonchev–Trinajstić information content (AvgIpc) is 2.60. The van der Waals surface area contributed by atoms with Gasteiger partial charge < -0.3 is 9.84 Å². The highest BCUT2D eigenvalue weighted by atomic mass is 16.6. The van der Waals surface area contributed by atoms with Crippen LogP contribution in [-0.2, 0) is 11.2 Å². The number of rotatable bonds is 4. The van der Waals surface area contributed by atoms with Gasteiger partial charge in [-0.1, -0.05) is 36.4 Å². The molecule has 3 heteroatoms. The Hall–Kier alpha value is -2.23. The second-order valence-electron chi connectivity index (χ2n) is 5.80. The smallest absolute Gasteiger partial charge is 0.180 e. The molecule has 0 fully saturated rings. The van der Waals surface area contributed by atoms with E-state index in [2.05, 4.69) is 12.1 Å². The van der Waals surface area contributed by atoms with Gasteiger partial charge in [0.25, 0.3) is 0 Å². The summed E-state index contributed by atoms with van der Waals surface area (Å²) in [6.07, 6.45) is 3.23. The number of aliphatic hydroxyl groups is 1. The molecular formula is C20H20O3. The molecule has 0 bridgehead atoms. The van der Waals surface area contributed by atoms with Gasteiger partial charge >= 0.3 is 0 Å². The minimum absolute atomic E-state index is 0.0621. The highest BCUT2D eigenvalue weighted by molar-refractivity contribution is 5.95. The van der Waals surface area contributed by atoms with Crippen LogP contribution in [0.5, 0.6) is 0 Å². The number of aryl methyl sites for hydroxylation is 1. The Balaban J connectivity index is 2.07. The van der Waals surface area contributed by atoms with Crippen molar-refractivity contribution in [2.24, 2.45) is 0 Å². The van der Waals surface area contributed by atoms with E-state index in [9.17, 15) is 9.90 Å². The third-order valence-corrected chi connectivity index (χ3v) is 4.27. The molecule has 3 rings (SSSR count). The number of allylic oxidation sites excluding steroid dienone is 1. The topological polar surface area (TPSA) is 46.5 Å². The standard InChI is InChI=1S/C20H20O3/c1-13(21)15-6-3-7-16(11-15)18-8-4-5-14-9-10-17(12-19(14)18)20(22)23-2/h3,6-12,20,22H,4-5H2,1-2H3. The monoisotopic (exact) mass is 308 g/mol. The highest BCUT2D eigenvalue weighted by Gasteiger charge is 2.17. The lowest BCUT2D eigenvalue weighted by Crippen LogP contribution is -2.06. The first-order valence-electron chi connectivity index (χ1n) is 7.75. The summed E-state index contributed by atoms with van der Waals surface area (Å²) >= 11 is 0. The number of ketones is 1. The van der Waals surface area contributed by atoms with Gasteiger partial charge in [0.2, 0.25) is 0 Å². The minimum Gasteiger partial charge on any atom is -0.364 e. The number of hydrogen-bond acceptors (Lipinski definition) is 3. The molecular weight excluding hydrogens is 288 g/mol. The summed E-state index contributed by atoms with van der Waals surface area (Å²) in [5, 5.41) is 9.92. The fourth-order valence-corrected chi connectivity index (χ4v) is 3.01. The van der Waals surface area contributed by atoms with Gasteiger partial charge in [-0.2, -0.15) is 0 Å². The molecule has 0 saturated heterocycles. The number of carbonyl (C=O) groups is 1. The molecule has 0 heterocycles. The van der Waals surface area contributed by atoms with Crippen molar-refractivity contribution in [1.82, 2.24) is 0 Å². The second kappa shape index (κ2) is 6.49. The van der Waals surface area contributed by atoms with Gasteiger partial charge in [-0.05, 0) is 54.2 Å². The first kappa shape index (κ1) is 15.7. The SMILES string of the molecule is COC(O)c1ccc2c(c1)C(c1cccc(C(C)=O)c1)=CCC2. The van der Waals surface area contributed by atoms with E-state index < -0.39 is 6.29 Å². The molecule has 1 aliphatic carbocycles. The molecule has 0 aromatic heterocycles. The zero-order valence-corrected chi connectivity index (χ0v) is 13.4. The predicted molar refractivity (Wildman–Crippen MR) is 90.3 cm³/mol. The van der Waals surface area contributed by atoms with Crippen LogP contribution in [0.3, 0.4) is 0 Å². The van der Waals surface area contributed by atoms with Gasteiger partial charge in [0.15, 0.2) is 12.1 Å². The van der Waals surface area contributed by atoms with Crippen LogP contribution >= 0.6 is 0 Å². The summed E-state index contributed by atoms with van der Waals surface area (Å²) in [5.41, 5.74) is 5.95. The van der Waals surface area contributed by atoms with E-state index in [4.69, 9.17) is 4.74 Å². The van der Waals surface area contributed by atoms with E-state index in [0.717, 1.165) is 35.1 Å². The van der Waals surface area contributed by atoms with Gasteiger partial charge in [0.1, 0.15) is 0 Å². The zero-order chi connectivity index (χ0) is 16.4. The summed E-state index contributed by atoms with van der Waals surface area (Å²) in [5.74, 6) is 0.0621. The highest BCUT2D eigenvalue weighted by Crippen LogP contribution is 2.34. The van der Waals surface area contributed by atoms with Crippen LogP contribution in [0.1, 0.15) is 52.2 Å². The Bertz CT molecular complexity index is 774. The first-order valence-corrected chi connectivity index (χ1v) is 7.75. The van der Waals surface area contributed by atoms with Gasteiger partial charge in [0, 0.05) is 18.2 Å². The molecule has 1 unspecified atom stereocenters. The van der Waals surface area contributed by atoms with E-state index in [1.807, 2.05) is 36.4 Å². The number of aliphatic hydroxyl groups excluding tert-OH is 1. The van der Waals surface area contributed by atoms with Gasteiger partial charge in [-0.25, -0.2) is 0 Å². The quantitative estimate of drug-likeness (QED) is 0.688. The van der Waals surface area contributed by atoms with Crippen LogP contribution in [0.25, 0.3) is 5.57 Å². The maximum atomic E-state index is 11.6. The van der Waals surface area contributed by atoms with Crippen molar-refractivity contribution in [2.75, 3.05) is 7.11 Å². The number of hydrogen-bond donors (Lipinski definition) is 1. The van der Waals surface area contributed by atoms with Crippen LogP contribution < -0.4 is 0 Å². The molecule has 3 nitrogen and oxygen atoms in total. The van der Waals surface area contributed by atoms with Gasteiger partial charge in [-0.3, -0.25) is 4.79 Å². The molecule has 0 radical (unpaired) electrons. The van der Waals surface area contributed by atoms with Crippen LogP contribution in [0.2, 0.25) is 0 Å². The maximum absolute atomic E-state index is 11.6. The van der Waals surface area contributed by atoms with E-state index in [0.29, 0.717) is 5.56 Å². The van der Waals surface area contributed by atoms with Crippen LogP contribution in [0.4, 0.5) is 0 Å². The van der Waals surface area contributed by atoms with Crippen LogP contribution in [0.15, 0.2) is 48.5 Å². The maximum Gasteiger partial charge on any atom is 0.180 e. The number of benzene rings is 2. The van der Waals surface area contributed by atoms with Crippen molar-refractivity contribution in [3.8, 4) is 0 Å². The lowest BCUT2D eigenvalue weighted by molar-refractivity contribution is -0.0769. The minimum atomic E-state index is -0.924. The van der Waals surface area contributed by atoms with E-state index >= 15 is 0 Å². The van der Waals surface area contributed by atoms with Crippen molar-refractivity contribution in [3.05, 3.63) is 76.4 Å². The first-order chi connectivity index (χ1) is 11.1. The number of Topliss-reactive ketones (excluding diaryl/α,β-unsaturated/α-hetero) is 1. The Morgan fingerprint density at radius 3 is 2.78 bits per heavy atom. The number of methoxy groups -OCH3 is 1. The number of fused-ring (bicyclic) bond motifs is 1. The lowest BCUT2D eigenvalue weighted by Gasteiger charge is -2.21. The van der Waals surface area contributed by atoms with Crippen molar-refractivity contribution in [3.63, 3.8) is 0 Å². The molecule has 1 aliphatic rings. The van der Waals surface area contributed by atoms with Crippen LogP contribution in [0, 0.1) is 0 Å². The summed E-state index contributed by atoms with van der Waals surface area (Å²) < 4.78 is 5.01. The Kier molecular flexibility index (Phi) is 4.42. The number of ether oxygens (including phenoxy) is 1.